The zero-order valence-electron chi connectivity index (χ0n) is 8.71. The number of amides is 1. The van der Waals surface area contributed by atoms with Gasteiger partial charge in [-0.05, 0) is 6.26 Å². The standard InChI is InChI=1S/C9H18N2O2S/c1-7(14-2)5-11-9(12)8-6-13-4-3-10-8/h7-8,10H,3-6H2,1-2H3,(H,11,12)/t7-,8+/m1/s1. The van der Waals surface area contributed by atoms with Crippen LogP contribution in [0.15, 0.2) is 0 Å². The Morgan fingerprint density at radius 1 is 1.79 bits per heavy atom. The SMILES string of the molecule is CS[C@H](C)CNC(=O)[C@@H]1COCCN1. The second kappa shape index (κ2) is 6.27. The quantitative estimate of drug-likeness (QED) is 0.688. The molecule has 0 aromatic carbocycles. The summed E-state index contributed by atoms with van der Waals surface area (Å²) in [5.41, 5.74) is 0. The van der Waals surface area contributed by atoms with E-state index < -0.39 is 0 Å². The molecule has 0 aliphatic carbocycles. The first kappa shape index (κ1) is 11.8. The summed E-state index contributed by atoms with van der Waals surface area (Å²) >= 11 is 1.75. The first-order chi connectivity index (χ1) is 6.74. The molecule has 0 unspecified atom stereocenters. The van der Waals surface area contributed by atoms with Crippen LogP contribution in [0, 0.1) is 0 Å². The average Bonchev–Trinajstić information content (AvgIpc) is 2.26. The number of rotatable bonds is 4. The van der Waals surface area contributed by atoms with Crippen molar-refractivity contribution in [1.29, 1.82) is 0 Å². The molecule has 14 heavy (non-hydrogen) atoms. The molecule has 4 nitrogen and oxygen atoms in total. The molecule has 0 saturated carbocycles. The number of hydrogen-bond acceptors (Lipinski definition) is 4. The molecule has 1 saturated heterocycles. The summed E-state index contributed by atoms with van der Waals surface area (Å²) in [5.74, 6) is 0.0469. The predicted octanol–water partition coefficient (Wildman–Crippen LogP) is -0.157. The summed E-state index contributed by atoms with van der Waals surface area (Å²) < 4.78 is 5.21. The Balaban J connectivity index is 2.19. The van der Waals surface area contributed by atoms with E-state index in [9.17, 15) is 4.79 Å². The molecule has 0 radical (unpaired) electrons. The molecular weight excluding hydrogens is 200 g/mol. The molecular formula is C9H18N2O2S. The van der Waals surface area contributed by atoms with Gasteiger partial charge in [-0.2, -0.15) is 11.8 Å². The van der Waals surface area contributed by atoms with Gasteiger partial charge in [-0.1, -0.05) is 6.92 Å². The number of nitrogens with one attached hydrogen (secondary N) is 2. The number of carbonyl (C=O) groups excluding carboxylic acids is 1. The average molecular weight is 218 g/mol. The van der Waals surface area contributed by atoms with Gasteiger partial charge in [0.1, 0.15) is 6.04 Å². The molecule has 0 bridgehead atoms. The maximum absolute atomic E-state index is 11.6. The Morgan fingerprint density at radius 3 is 3.14 bits per heavy atom. The molecule has 2 N–H and O–H groups in total. The lowest BCUT2D eigenvalue weighted by Gasteiger charge is -2.23. The lowest BCUT2D eigenvalue weighted by Crippen LogP contribution is -2.51. The highest BCUT2D eigenvalue weighted by Crippen LogP contribution is 2.02. The zero-order valence-corrected chi connectivity index (χ0v) is 9.52. The second-order valence-electron chi connectivity index (χ2n) is 3.37. The Kier molecular flexibility index (Phi) is 5.29. The first-order valence-electron chi connectivity index (χ1n) is 4.85. The number of ether oxygens (including phenoxy) is 1. The Bertz CT molecular complexity index is 184. The van der Waals surface area contributed by atoms with Gasteiger partial charge in [-0.15, -0.1) is 0 Å². The highest BCUT2D eigenvalue weighted by Gasteiger charge is 2.20. The fourth-order valence-electron chi connectivity index (χ4n) is 1.18. The summed E-state index contributed by atoms with van der Waals surface area (Å²) in [6, 6.07) is -0.169. The van der Waals surface area contributed by atoms with Crippen LogP contribution >= 0.6 is 11.8 Å². The molecule has 1 amide bonds. The fraction of sp³-hybridized carbons (Fsp3) is 0.889. The number of morpholine rings is 1. The van der Waals surface area contributed by atoms with Gasteiger partial charge in [0.25, 0.3) is 0 Å². The lowest BCUT2D eigenvalue weighted by atomic mass is 10.2. The summed E-state index contributed by atoms with van der Waals surface area (Å²) in [6.07, 6.45) is 2.04. The summed E-state index contributed by atoms with van der Waals surface area (Å²) in [6.45, 7) is 4.76. The maximum Gasteiger partial charge on any atom is 0.239 e. The van der Waals surface area contributed by atoms with E-state index in [0.717, 1.165) is 13.1 Å². The lowest BCUT2D eigenvalue weighted by molar-refractivity contribution is -0.125. The molecule has 0 spiro atoms. The van der Waals surface area contributed by atoms with Crippen molar-refractivity contribution in [3.05, 3.63) is 0 Å². The van der Waals surface area contributed by atoms with E-state index in [0.29, 0.717) is 18.5 Å². The highest BCUT2D eigenvalue weighted by molar-refractivity contribution is 7.99. The van der Waals surface area contributed by atoms with Crippen molar-refractivity contribution >= 4 is 17.7 Å². The van der Waals surface area contributed by atoms with Crippen LogP contribution < -0.4 is 10.6 Å². The molecule has 0 aromatic rings. The monoisotopic (exact) mass is 218 g/mol. The zero-order chi connectivity index (χ0) is 10.4. The van der Waals surface area contributed by atoms with E-state index >= 15 is 0 Å². The number of hydrogen-bond donors (Lipinski definition) is 2. The topological polar surface area (TPSA) is 50.4 Å². The van der Waals surface area contributed by atoms with Gasteiger partial charge in [0.2, 0.25) is 5.91 Å². The van der Waals surface area contributed by atoms with Crippen LogP contribution in [0.5, 0.6) is 0 Å². The summed E-state index contributed by atoms with van der Waals surface area (Å²) in [4.78, 5) is 11.6. The number of thioether (sulfide) groups is 1. The van der Waals surface area contributed by atoms with Crippen molar-refractivity contribution in [3.63, 3.8) is 0 Å². The molecule has 1 fully saturated rings. The van der Waals surface area contributed by atoms with Crippen molar-refractivity contribution < 1.29 is 9.53 Å². The fourth-order valence-corrected chi connectivity index (χ4v) is 1.43. The van der Waals surface area contributed by atoms with Gasteiger partial charge in [0.05, 0.1) is 13.2 Å². The van der Waals surface area contributed by atoms with Gasteiger partial charge in [0, 0.05) is 18.3 Å². The number of carbonyl (C=O) groups is 1. The van der Waals surface area contributed by atoms with E-state index in [-0.39, 0.29) is 11.9 Å². The Hall–Kier alpha value is -0.260. The van der Waals surface area contributed by atoms with Crippen molar-refractivity contribution in [3.8, 4) is 0 Å². The van der Waals surface area contributed by atoms with E-state index in [1.165, 1.54) is 0 Å². The van der Waals surface area contributed by atoms with Crippen molar-refractivity contribution in [1.82, 2.24) is 10.6 Å². The van der Waals surface area contributed by atoms with E-state index in [2.05, 4.69) is 17.6 Å². The third-order valence-electron chi connectivity index (χ3n) is 2.20. The first-order valence-corrected chi connectivity index (χ1v) is 6.14. The van der Waals surface area contributed by atoms with E-state index in [1.54, 1.807) is 11.8 Å². The van der Waals surface area contributed by atoms with Crippen molar-refractivity contribution in [2.24, 2.45) is 0 Å². The predicted molar refractivity (Wildman–Crippen MR) is 58.6 cm³/mol. The van der Waals surface area contributed by atoms with Crippen LogP contribution in [0.2, 0.25) is 0 Å². The maximum atomic E-state index is 11.6. The van der Waals surface area contributed by atoms with Crippen molar-refractivity contribution in [2.75, 3.05) is 32.6 Å². The van der Waals surface area contributed by atoms with E-state index in [1.807, 2.05) is 6.26 Å². The van der Waals surface area contributed by atoms with Crippen LogP contribution in [-0.2, 0) is 9.53 Å². The molecule has 1 rings (SSSR count). The Labute approximate surface area is 89.2 Å². The highest BCUT2D eigenvalue weighted by atomic mass is 32.2. The molecule has 1 aliphatic rings. The third-order valence-corrected chi connectivity index (χ3v) is 3.18. The van der Waals surface area contributed by atoms with Crippen LogP contribution in [0.4, 0.5) is 0 Å². The van der Waals surface area contributed by atoms with Gasteiger partial charge in [-0.25, -0.2) is 0 Å². The van der Waals surface area contributed by atoms with Crippen LogP contribution in [0.1, 0.15) is 6.92 Å². The smallest absolute Gasteiger partial charge is 0.239 e. The van der Waals surface area contributed by atoms with Gasteiger partial charge in [0.15, 0.2) is 0 Å². The molecule has 0 aromatic heterocycles. The van der Waals surface area contributed by atoms with Gasteiger partial charge < -0.3 is 15.4 Å². The van der Waals surface area contributed by atoms with E-state index in [4.69, 9.17) is 4.74 Å². The van der Waals surface area contributed by atoms with Gasteiger partial charge in [-0.3, -0.25) is 4.79 Å². The van der Waals surface area contributed by atoms with Gasteiger partial charge >= 0.3 is 0 Å². The normalized spacial score (nSPS) is 24.3. The summed E-state index contributed by atoms with van der Waals surface area (Å²) in [7, 11) is 0. The second-order valence-corrected chi connectivity index (χ2v) is 4.65. The van der Waals surface area contributed by atoms with Crippen LogP contribution in [0.25, 0.3) is 0 Å². The molecule has 2 atom stereocenters. The molecule has 1 aliphatic heterocycles. The van der Waals surface area contributed by atoms with Crippen LogP contribution in [-0.4, -0.2) is 49.8 Å². The van der Waals surface area contributed by atoms with Crippen molar-refractivity contribution in [2.45, 2.75) is 18.2 Å². The third kappa shape index (κ3) is 3.86. The molecule has 1 heterocycles. The molecule has 5 heteroatoms. The minimum absolute atomic E-state index is 0.0469. The minimum Gasteiger partial charge on any atom is -0.378 e. The van der Waals surface area contributed by atoms with Crippen LogP contribution in [0.3, 0.4) is 0 Å². The summed E-state index contributed by atoms with van der Waals surface area (Å²) in [5, 5.41) is 6.48. The minimum atomic E-state index is -0.169. The Morgan fingerprint density at radius 2 is 2.57 bits per heavy atom. The largest absolute Gasteiger partial charge is 0.378 e. The molecule has 82 valence electrons.